The smallest absolute Gasteiger partial charge is 0.227 e. The van der Waals surface area contributed by atoms with E-state index in [0.717, 1.165) is 22.6 Å². The molecule has 0 aliphatic carbocycles. The Morgan fingerprint density at radius 3 is 2.71 bits per heavy atom. The van der Waals surface area contributed by atoms with Gasteiger partial charge in [-0.1, -0.05) is 18.2 Å². The maximum Gasteiger partial charge on any atom is 0.227 e. The maximum atomic E-state index is 13.0. The van der Waals surface area contributed by atoms with Crippen LogP contribution in [0, 0.1) is 13.8 Å². The fourth-order valence-electron chi connectivity index (χ4n) is 4.17. The summed E-state index contributed by atoms with van der Waals surface area (Å²) in [6, 6.07) is 9.87. The van der Waals surface area contributed by atoms with E-state index in [9.17, 15) is 9.59 Å². The average molecular weight is 382 g/mol. The maximum absolute atomic E-state index is 13.0. The number of hydrogen-bond donors (Lipinski definition) is 0. The normalized spacial score (nSPS) is 22.3. The number of ether oxygens (including phenoxy) is 1. The van der Waals surface area contributed by atoms with Gasteiger partial charge in [0.2, 0.25) is 11.8 Å². The zero-order chi connectivity index (χ0) is 19.8. The Labute approximate surface area is 164 Å². The summed E-state index contributed by atoms with van der Waals surface area (Å²) in [5.74, 6) is 0.133. The average Bonchev–Trinajstić information content (AvgIpc) is 3.20. The van der Waals surface area contributed by atoms with Crippen molar-refractivity contribution in [2.24, 2.45) is 0 Å². The largest absolute Gasteiger partial charge is 0.374 e. The Hall–Kier alpha value is -2.67. The lowest BCUT2D eigenvalue weighted by atomic mass is 10.1. The number of amides is 2. The summed E-state index contributed by atoms with van der Waals surface area (Å²) in [6.45, 7) is 5.43. The second kappa shape index (κ2) is 7.39. The number of para-hydroxylation sites is 1. The van der Waals surface area contributed by atoms with E-state index in [2.05, 4.69) is 5.10 Å². The molecule has 28 heavy (non-hydrogen) atoms. The highest BCUT2D eigenvalue weighted by Crippen LogP contribution is 2.24. The summed E-state index contributed by atoms with van der Waals surface area (Å²) in [7, 11) is 1.81. The van der Waals surface area contributed by atoms with Gasteiger partial charge in [0.1, 0.15) is 0 Å². The zero-order valence-electron chi connectivity index (χ0n) is 16.6. The molecule has 2 fully saturated rings. The van der Waals surface area contributed by atoms with Crippen LogP contribution in [-0.2, 0) is 20.7 Å². The molecule has 2 aromatic rings. The molecule has 7 heteroatoms. The summed E-state index contributed by atoms with van der Waals surface area (Å²) < 4.78 is 7.73. The molecule has 1 aromatic carbocycles. The lowest BCUT2D eigenvalue weighted by Gasteiger charge is -2.25. The molecule has 4 rings (SSSR count). The number of aromatic nitrogens is 2. The van der Waals surface area contributed by atoms with Crippen molar-refractivity contribution in [3.05, 3.63) is 47.3 Å². The summed E-state index contributed by atoms with van der Waals surface area (Å²) in [5.41, 5.74) is 3.80. The fraction of sp³-hybridized carbons (Fsp3) is 0.476. The van der Waals surface area contributed by atoms with Crippen molar-refractivity contribution in [3.8, 4) is 5.69 Å². The molecule has 2 atom stereocenters. The Bertz CT molecular complexity index is 893. The van der Waals surface area contributed by atoms with Gasteiger partial charge < -0.3 is 14.5 Å². The Morgan fingerprint density at radius 2 is 1.96 bits per heavy atom. The first-order chi connectivity index (χ1) is 13.5. The van der Waals surface area contributed by atoms with Gasteiger partial charge in [-0.15, -0.1) is 0 Å². The molecule has 2 saturated heterocycles. The second-order valence-corrected chi connectivity index (χ2v) is 7.60. The van der Waals surface area contributed by atoms with Crippen LogP contribution in [-0.4, -0.2) is 70.3 Å². The topological polar surface area (TPSA) is 67.7 Å². The van der Waals surface area contributed by atoms with E-state index >= 15 is 0 Å². The number of rotatable bonds is 3. The van der Waals surface area contributed by atoms with Crippen LogP contribution in [0.3, 0.4) is 0 Å². The minimum Gasteiger partial charge on any atom is -0.374 e. The molecule has 7 nitrogen and oxygen atoms in total. The van der Waals surface area contributed by atoms with Crippen LogP contribution in [0.5, 0.6) is 0 Å². The van der Waals surface area contributed by atoms with Gasteiger partial charge in [-0.3, -0.25) is 9.59 Å². The van der Waals surface area contributed by atoms with Crippen LogP contribution in [0.25, 0.3) is 5.69 Å². The molecule has 0 N–H and O–H groups in total. The highest BCUT2D eigenvalue weighted by molar-refractivity contribution is 5.80. The van der Waals surface area contributed by atoms with Gasteiger partial charge in [0.05, 0.1) is 43.0 Å². The predicted octanol–water partition coefficient (Wildman–Crippen LogP) is 1.49. The first-order valence-corrected chi connectivity index (χ1v) is 9.71. The number of carbonyl (C=O) groups excluding carboxylic acids is 2. The van der Waals surface area contributed by atoms with Gasteiger partial charge in [0.15, 0.2) is 0 Å². The number of fused-ring (bicyclic) bond motifs is 1. The molecule has 0 saturated carbocycles. The number of carbonyl (C=O) groups is 2. The van der Waals surface area contributed by atoms with Crippen LogP contribution < -0.4 is 0 Å². The number of benzene rings is 1. The number of aryl methyl sites for hydroxylation is 1. The van der Waals surface area contributed by atoms with Crippen molar-refractivity contribution in [2.75, 3.05) is 26.7 Å². The standard InChI is InChI=1S/C21H26N4O3/c1-14-17(15(2)25(22-14)16-7-5-4-6-8-16)11-21(27)24-12-18-19(13-24)28-10-9-20(26)23(18)3/h4-8,18-19H,9-13H2,1-3H3/t18-,19-/m0/s1. The van der Waals surface area contributed by atoms with E-state index in [-0.39, 0.29) is 24.0 Å². The minimum atomic E-state index is -0.102. The van der Waals surface area contributed by atoms with E-state index in [1.807, 2.05) is 53.8 Å². The van der Waals surface area contributed by atoms with Crippen LogP contribution >= 0.6 is 0 Å². The van der Waals surface area contributed by atoms with Crippen molar-refractivity contribution in [2.45, 2.75) is 38.8 Å². The highest BCUT2D eigenvalue weighted by atomic mass is 16.5. The first-order valence-electron chi connectivity index (χ1n) is 9.71. The van der Waals surface area contributed by atoms with Gasteiger partial charge in [0.25, 0.3) is 0 Å². The molecule has 0 spiro atoms. The highest BCUT2D eigenvalue weighted by Gasteiger charge is 2.41. The van der Waals surface area contributed by atoms with Crippen molar-refractivity contribution >= 4 is 11.8 Å². The molecular weight excluding hydrogens is 356 g/mol. The van der Waals surface area contributed by atoms with E-state index in [0.29, 0.717) is 32.5 Å². The SMILES string of the molecule is Cc1nn(-c2ccccc2)c(C)c1CC(=O)N1C[C@@H]2OCCC(=O)N(C)[C@H]2C1. The predicted molar refractivity (Wildman–Crippen MR) is 104 cm³/mol. The molecular formula is C21H26N4O3. The molecule has 0 bridgehead atoms. The number of likely N-dealkylation sites (N-methyl/N-ethyl adjacent to an activating group) is 1. The van der Waals surface area contributed by atoms with Crippen LogP contribution in [0.1, 0.15) is 23.4 Å². The third-order valence-corrected chi connectivity index (χ3v) is 5.90. The van der Waals surface area contributed by atoms with E-state index in [1.54, 1.807) is 11.9 Å². The van der Waals surface area contributed by atoms with Crippen molar-refractivity contribution in [3.63, 3.8) is 0 Å². The quantitative estimate of drug-likeness (QED) is 0.807. The fourth-order valence-corrected chi connectivity index (χ4v) is 4.17. The molecule has 0 unspecified atom stereocenters. The number of nitrogens with zero attached hydrogens (tertiary/aromatic N) is 4. The molecule has 3 heterocycles. The third kappa shape index (κ3) is 3.30. The lowest BCUT2D eigenvalue weighted by Crippen LogP contribution is -2.43. The van der Waals surface area contributed by atoms with Crippen molar-refractivity contribution < 1.29 is 14.3 Å². The number of likely N-dealkylation sites (tertiary alicyclic amines) is 1. The van der Waals surface area contributed by atoms with Gasteiger partial charge in [-0.25, -0.2) is 4.68 Å². The third-order valence-electron chi connectivity index (χ3n) is 5.90. The molecule has 148 valence electrons. The van der Waals surface area contributed by atoms with Gasteiger partial charge in [-0.2, -0.15) is 5.10 Å². The van der Waals surface area contributed by atoms with E-state index < -0.39 is 0 Å². The van der Waals surface area contributed by atoms with E-state index in [4.69, 9.17) is 4.74 Å². The monoisotopic (exact) mass is 382 g/mol. The summed E-state index contributed by atoms with van der Waals surface area (Å²) >= 11 is 0. The molecule has 2 amide bonds. The van der Waals surface area contributed by atoms with Crippen LogP contribution in [0.2, 0.25) is 0 Å². The van der Waals surface area contributed by atoms with Crippen LogP contribution in [0.4, 0.5) is 0 Å². The second-order valence-electron chi connectivity index (χ2n) is 7.60. The Morgan fingerprint density at radius 1 is 1.21 bits per heavy atom. The zero-order valence-corrected chi connectivity index (χ0v) is 16.6. The minimum absolute atomic E-state index is 0.0522. The molecule has 2 aliphatic heterocycles. The van der Waals surface area contributed by atoms with Crippen LogP contribution in [0.15, 0.2) is 30.3 Å². The summed E-state index contributed by atoms with van der Waals surface area (Å²) in [5, 5.41) is 4.64. The Kier molecular flexibility index (Phi) is 4.93. The molecule has 2 aliphatic rings. The summed E-state index contributed by atoms with van der Waals surface area (Å²) in [6.07, 6.45) is 0.616. The number of hydrogen-bond acceptors (Lipinski definition) is 4. The van der Waals surface area contributed by atoms with Gasteiger partial charge >= 0.3 is 0 Å². The van der Waals surface area contributed by atoms with Crippen molar-refractivity contribution in [1.29, 1.82) is 0 Å². The first kappa shape index (κ1) is 18.7. The molecule has 1 aromatic heterocycles. The van der Waals surface area contributed by atoms with Crippen molar-refractivity contribution in [1.82, 2.24) is 19.6 Å². The molecule has 0 radical (unpaired) electrons. The lowest BCUT2D eigenvalue weighted by molar-refractivity contribution is -0.133. The van der Waals surface area contributed by atoms with Gasteiger partial charge in [-0.05, 0) is 26.0 Å². The summed E-state index contributed by atoms with van der Waals surface area (Å²) in [4.78, 5) is 28.7. The Balaban J connectivity index is 1.51. The van der Waals surface area contributed by atoms with Gasteiger partial charge in [0, 0.05) is 31.4 Å². The van der Waals surface area contributed by atoms with E-state index in [1.165, 1.54) is 0 Å².